The van der Waals surface area contributed by atoms with Crippen LogP contribution in [0.3, 0.4) is 0 Å². The highest BCUT2D eigenvalue weighted by atomic mass is 16.2. The third kappa shape index (κ3) is 4.47. The molecule has 1 saturated heterocycles. The number of piperazine rings is 1. The molecule has 150 valence electrons. The Bertz CT molecular complexity index is 957. The van der Waals surface area contributed by atoms with Crippen LogP contribution in [0.1, 0.15) is 23.4 Å². The van der Waals surface area contributed by atoms with Crippen molar-refractivity contribution in [2.24, 2.45) is 0 Å². The SMILES string of the molecule is Cc1cc(C)n(-c2ccc(CCC(=O)N3CCN(c4ccccn4)CC3)cc2)n1. The predicted octanol–water partition coefficient (Wildman–Crippen LogP) is 3.17. The molecule has 2 aromatic heterocycles. The van der Waals surface area contributed by atoms with Crippen LogP contribution in [0.5, 0.6) is 0 Å². The van der Waals surface area contributed by atoms with Crippen molar-refractivity contribution in [2.45, 2.75) is 26.7 Å². The van der Waals surface area contributed by atoms with Crippen LogP contribution < -0.4 is 4.90 Å². The summed E-state index contributed by atoms with van der Waals surface area (Å²) in [7, 11) is 0. The zero-order valence-corrected chi connectivity index (χ0v) is 17.1. The van der Waals surface area contributed by atoms with Gasteiger partial charge in [-0.15, -0.1) is 0 Å². The van der Waals surface area contributed by atoms with E-state index >= 15 is 0 Å². The van der Waals surface area contributed by atoms with Gasteiger partial charge in [0.05, 0.1) is 11.4 Å². The summed E-state index contributed by atoms with van der Waals surface area (Å²) in [6, 6.07) is 16.4. The molecule has 3 aromatic rings. The summed E-state index contributed by atoms with van der Waals surface area (Å²) < 4.78 is 1.95. The maximum atomic E-state index is 12.6. The number of amides is 1. The second-order valence-electron chi connectivity index (χ2n) is 7.56. The lowest BCUT2D eigenvalue weighted by atomic mass is 10.1. The summed E-state index contributed by atoms with van der Waals surface area (Å²) in [5, 5.41) is 4.52. The van der Waals surface area contributed by atoms with E-state index in [-0.39, 0.29) is 5.91 Å². The minimum absolute atomic E-state index is 0.230. The molecule has 0 unspecified atom stereocenters. The van der Waals surface area contributed by atoms with Gasteiger partial charge in [-0.1, -0.05) is 18.2 Å². The molecule has 29 heavy (non-hydrogen) atoms. The average Bonchev–Trinajstić information content (AvgIpc) is 3.11. The molecule has 1 amide bonds. The van der Waals surface area contributed by atoms with Crippen molar-refractivity contribution in [3.05, 3.63) is 71.7 Å². The maximum Gasteiger partial charge on any atom is 0.223 e. The number of nitrogens with zero attached hydrogens (tertiary/aromatic N) is 5. The first-order chi connectivity index (χ1) is 14.1. The molecule has 0 radical (unpaired) electrons. The molecule has 6 heteroatoms. The van der Waals surface area contributed by atoms with Crippen molar-refractivity contribution in [1.82, 2.24) is 19.7 Å². The van der Waals surface area contributed by atoms with E-state index in [9.17, 15) is 4.79 Å². The minimum Gasteiger partial charge on any atom is -0.353 e. The quantitative estimate of drug-likeness (QED) is 0.673. The zero-order chi connectivity index (χ0) is 20.2. The van der Waals surface area contributed by atoms with Crippen LogP contribution in [0.15, 0.2) is 54.7 Å². The normalized spacial score (nSPS) is 14.3. The van der Waals surface area contributed by atoms with E-state index in [2.05, 4.69) is 52.2 Å². The zero-order valence-electron chi connectivity index (χ0n) is 17.1. The smallest absolute Gasteiger partial charge is 0.223 e. The first-order valence-corrected chi connectivity index (χ1v) is 10.2. The fourth-order valence-electron chi connectivity index (χ4n) is 3.83. The van der Waals surface area contributed by atoms with Crippen LogP contribution in [0.4, 0.5) is 5.82 Å². The van der Waals surface area contributed by atoms with E-state index in [1.807, 2.05) is 40.9 Å². The number of aromatic nitrogens is 3. The number of pyridine rings is 1. The van der Waals surface area contributed by atoms with Gasteiger partial charge in [0.1, 0.15) is 5.82 Å². The van der Waals surface area contributed by atoms with Gasteiger partial charge in [-0.25, -0.2) is 9.67 Å². The molecule has 1 aromatic carbocycles. The van der Waals surface area contributed by atoms with Gasteiger partial charge in [-0.3, -0.25) is 4.79 Å². The molecule has 1 aliphatic rings. The molecule has 4 rings (SSSR count). The van der Waals surface area contributed by atoms with Gasteiger partial charge in [0, 0.05) is 44.5 Å². The molecule has 0 atom stereocenters. The van der Waals surface area contributed by atoms with E-state index < -0.39 is 0 Å². The van der Waals surface area contributed by atoms with Gasteiger partial charge in [-0.2, -0.15) is 5.10 Å². The van der Waals surface area contributed by atoms with E-state index in [0.29, 0.717) is 6.42 Å². The van der Waals surface area contributed by atoms with E-state index in [4.69, 9.17) is 0 Å². The molecule has 6 nitrogen and oxygen atoms in total. The van der Waals surface area contributed by atoms with E-state index in [1.54, 1.807) is 0 Å². The van der Waals surface area contributed by atoms with Gasteiger partial charge < -0.3 is 9.80 Å². The van der Waals surface area contributed by atoms with E-state index in [0.717, 1.165) is 55.5 Å². The number of aryl methyl sites for hydroxylation is 3. The summed E-state index contributed by atoms with van der Waals surface area (Å²) in [5.74, 6) is 1.22. The summed E-state index contributed by atoms with van der Waals surface area (Å²) in [6.45, 7) is 7.23. The van der Waals surface area contributed by atoms with Gasteiger partial charge >= 0.3 is 0 Å². The Kier molecular flexibility index (Phi) is 5.60. The number of carbonyl (C=O) groups excluding carboxylic acids is 1. The third-order valence-electron chi connectivity index (χ3n) is 5.42. The first-order valence-electron chi connectivity index (χ1n) is 10.2. The Morgan fingerprint density at radius 2 is 1.76 bits per heavy atom. The van der Waals surface area contributed by atoms with Gasteiger partial charge in [-0.05, 0) is 56.2 Å². The number of anilines is 1. The maximum absolute atomic E-state index is 12.6. The molecular weight excluding hydrogens is 362 g/mol. The van der Waals surface area contributed by atoms with Crippen molar-refractivity contribution in [1.29, 1.82) is 0 Å². The highest BCUT2D eigenvalue weighted by molar-refractivity contribution is 5.76. The monoisotopic (exact) mass is 389 g/mol. The highest BCUT2D eigenvalue weighted by Crippen LogP contribution is 2.16. The van der Waals surface area contributed by atoms with Crippen LogP contribution in [-0.4, -0.2) is 51.8 Å². The van der Waals surface area contributed by atoms with Crippen molar-refractivity contribution >= 4 is 11.7 Å². The lowest BCUT2D eigenvalue weighted by molar-refractivity contribution is -0.131. The Hall–Kier alpha value is -3.15. The van der Waals surface area contributed by atoms with Crippen LogP contribution in [0.25, 0.3) is 5.69 Å². The molecule has 3 heterocycles. The van der Waals surface area contributed by atoms with Crippen molar-refractivity contribution in [3.8, 4) is 5.69 Å². The predicted molar refractivity (Wildman–Crippen MR) is 114 cm³/mol. The Morgan fingerprint density at radius 3 is 2.38 bits per heavy atom. The van der Waals surface area contributed by atoms with E-state index in [1.165, 1.54) is 5.56 Å². The number of rotatable bonds is 5. The third-order valence-corrected chi connectivity index (χ3v) is 5.42. The van der Waals surface area contributed by atoms with Crippen molar-refractivity contribution < 1.29 is 4.79 Å². The number of hydrogen-bond donors (Lipinski definition) is 0. The first kappa shape index (κ1) is 19.2. The molecule has 0 aliphatic carbocycles. The molecule has 0 N–H and O–H groups in total. The van der Waals surface area contributed by atoms with Crippen molar-refractivity contribution in [2.75, 3.05) is 31.1 Å². The summed E-state index contributed by atoms with van der Waals surface area (Å²) >= 11 is 0. The molecule has 1 aliphatic heterocycles. The van der Waals surface area contributed by atoms with Crippen LogP contribution >= 0.6 is 0 Å². The fraction of sp³-hybridized carbons (Fsp3) is 0.348. The Balaban J connectivity index is 1.28. The average molecular weight is 390 g/mol. The van der Waals surface area contributed by atoms with Crippen molar-refractivity contribution in [3.63, 3.8) is 0 Å². The molecule has 1 fully saturated rings. The molecule has 0 saturated carbocycles. The highest BCUT2D eigenvalue weighted by Gasteiger charge is 2.21. The summed E-state index contributed by atoms with van der Waals surface area (Å²) in [4.78, 5) is 21.2. The molecule has 0 spiro atoms. The minimum atomic E-state index is 0.230. The molecular formula is C23H27N5O. The van der Waals surface area contributed by atoms with Crippen LogP contribution in [-0.2, 0) is 11.2 Å². The number of benzene rings is 1. The van der Waals surface area contributed by atoms with Gasteiger partial charge in [0.2, 0.25) is 5.91 Å². The molecule has 0 bridgehead atoms. The lowest BCUT2D eigenvalue weighted by Crippen LogP contribution is -2.49. The van der Waals surface area contributed by atoms with Gasteiger partial charge in [0.25, 0.3) is 0 Å². The number of carbonyl (C=O) groups is 1. The Labute approximate surface area is 171 Å². The second-order valence-corrected chi connectivity index (χ2v) is 7.56. The number of hydrogen-bond acceptors (Lipinski definition) is 4. The summed E-state index contributed by atoms with van der Waals surface area (Å²) in [5.41, 5.74) is 4.36. The summed E-state index contributed by atoms with van der Waals surface area (Å²) in [6.07, 6.45) is 3.12. The van der Waals surface area contributed by atoms with Gasteiger partial charge in [0.15, 0.2) is 0 Å². The topological polar surface area (TPSA) is 54.3 Å². The standard InChI is InChI=1S/C23H27N5O/c1-18-17-19(2)28(25-18)21-9-6-20(7-10-21)8-11-23(29)27-15-13-26(14-16-27)22-5-3-4-12-24-22/h3-7,9-10,12,17H,8,11,13-16H2,1-2H3. The van der Waals surface area contributed by atoms with Crippen LogP contribution in [0, 0.1) is 13.8 Å². The van der Waals surface area contributed by atoms with Crippen LogP contribution in [0.2, 0.25) is 0 Å². The second kappa shape index (κ2) is 8.47. The Morgan fingerprint density at radius 1 is 1.00 bits per heavy atom. The fourth-order valence-corrected chi connectivity index (χ4v) is 3.83. The largest absolute Gasteiger partial charge is 0.353 e. The lowest BCUT2D eigenvalue weighted by Gasteiger charge is -2.35.